The summed E-state index contributed by atoms with van der Waals surface area (Å²) in [5.41, 5.74) is 33.7. The monoisotopic (exact) mass is 1450 g/mol. The second-order valence-corrected chi connectivity index (χ2v) is 37.0. The van der Waals surface area contributed by atoms with E-state index in [0.29, 0.717) is 0 Å². The van der Waals surface area contributed by atoms with Crippen LogP contribution in [-0.4, -0.2) is 11.3 Å². The van der Waals surface area contributed by atoms with Crippen molar-refractivity contribution in [2.75, 3.05) is 9.80 Å². The molecule has 0 bridgehead atoms. The largest absolute Gasteiger partial charge is 0.310 e. The smallest absolute Gasteiger partial charge is 0.252 e. The van der Waals surface area contributed by atoms with Gasteiger partial charge in [-0.05, 0) is 227 Å². The van der Waals surface area contributed by atoms with Crippen LogP contribution in [0.2, 0.25) is 0 Å². The third-order valence-electron chi connectivity index (χ3n) is 24.4. The zero-order chi connectivity index (χ0) is 77.2. The van der Waals surface area contributed by atoms with E-state index in [0.717, 1.165) is 84.3 Å². The first-order valence-electron chi connectivity index (χ1n) is 40.2. The summed E-state index contributed by atoms with van der Waals surface area (Å²) in [6, 6.07) is 120. The molecule has 19 rings (SSSR count). The summed E-state index contributed by atoms with van der Waals surface area (Å²) < 4.78 is 2.52. The molecule has 4 heteroatoms. The molecule has 112 heavy (non-hydrogen) atoms. The number of nitrogens with zero attached hydrogens (tertiary/aromatic N) is 3. The Morgan fingerprint density at radius 1 is 0.232 bits per heavy atom. The summed E-state index contributed by atoms with van der Waals surface area (Å²) in [6.45, 7) is 35.0. The minimum Gasteiger partial charge on any atom is -0.310 e. The Morgan fingerprint density at radius 3 is 1.10 bits per heavy atom. The molecule has 546 valence electrons. The standard InChI is InChI=1S/C108H96BN3/c1-104(2,3)77-49-46-67(47-50-77)75-59-97-101-98(60-75)112(103-88(70-36-24-18-25-37-70)63-81(108(13,14)15)64-89(103)71-38-26-19-27-39-71)96-66-82(110-93-42-30-28-40-83(93)84-41-29-31-43-94(84)110)51-52-91(96)109(101)92-58-72(85-57-76-56-78(105(4,5)6)54-73-44-45-74-55-79(106(7,8)9)65-90(85)100(74)99(73)76)48-53-95(92)111(97)102-86(68-32-20-16-21-33-68)61-80(107(10,11)12)62-87(102)69-34-22-17-23-35-69/h16-66H,1-15H3. The van der Waals surface area contributed by atoms with Crippen molar-refractivity contribution in [1.82, 2.24) is 4.57 Å². The van der Waals surface area contributed by atoms with Crippen LogP contribution in [0.5, 0.6) is 0 Å². The van der Waals surface area contributed by atoms with E-state index in [1.54, 1.807) is 0 Å². The molecular weight excluding hydrogens is 1350 g/mol. The van der Waals surface area contributed by atoms with Gasteiger partial charge in [-0.1, -0.05) is 334 Å². The highest BCUT2D eigenvalue weighted by Gasteiger charge is 2.47. The number of hydrogen-bond acceptors (Lipinski definition) is 2. The van der Waals surface area contributed by atoms with Gasteiger partial charge in [0.1, 0.15) is 0 Å². The van der Waals surface area contributed by atoms with Gasteiger partial charge in [0.25, 0.3) is 6.71 Å². The molecule has 0 amide bonds. The lowest BCUT2D eigenvalue weighted by atomic mass is 9.33. The predicted octanol–water partition coefficient (Wildman–Crippen LogP) is 28.3. The Bertz CT molecular complexity index is 6430. The highest BCUT2D eigenvalue weighted by Crippen LogP contribution is 2.57. The van der Waals surface area contributed by atoms with Gasteiger partial charge < -0.3 is 14.4 Å². The van der Waals surface area contributed by atoms with Crippen molar-refractivity contribution in [3.63, 3.8) is 0 Å². The Balaban J connectivity index is 1.02. The van der Waals surface area contributed by atoms with E-state index >= 15 is 0 Å². The number of hydrogen-bond donors (Lipinski definition) is 0. The lowest BCUT2D eigenvalue weighted by molar-refractivity contribution is 0.590. The van der Waals surface area contributed by atoms with Gasteiger partial charge in [0, 0.05) is 61.5 Å². The molecule has 3 nitrogen and oxygen atoms in total. The van der Waals surface area contributed by atoms with Crippen LogP contribution in [-0.2, 0) is 27.1 Å². The molecule has 0 unspecified atom stereocenters. The normalized spacial score (nSPS) is 13.3. The molecule has 2 aliphatic rings. The van der Waals surface area contributed by atoms with Gasteiger partial charge in [0.05, 0.1) is 22.4 Å². The van der Waals surface area contributed by atoms with E-state index in [-0.39, 0.29) is 33.8 Å². The van der Waals surface area contributed by atoms with E-state index < -0.39 is 0 Å². The Morgan fingerprint density at radius 2 is 0.634 bits per heavy atom. The van der Waals surface area contributed by atoms with E-state index in [1.165, 1.54) is 121 Å². The van der Waals surface area contributed by atoms with Crippen LogP contribution in [0.1, 0.15) is 132 Å². The first-order valence-corrected chi connectivity index (χ1v) is 40.2. The molecule has 0 saturated carbocycles. The van der Waals surface area contributed by atoms with Crippen LogP contribution in [0.3, 0.4) is 0 Å². The second-order valence-electron chi connectivity index (χ2n) is 37.0. The zero-order valence-electron chi connectivity index (χ0n) is 67.4. The Kier molecular flexibility index (Phi) is 16.2. The van der Waals surface area contributed by atoms with Crippen molar-refractivity contribution in [2.45, 2.75) is 131 Å². The van der Waals surface area contributed by atoms with E-state index in [2.05, 4.69) is 428 Å². The van der Waals surface area contributed by atoms with Gasteiger partial charge in [-0.2, -0.15) is 0 Å². The summed E-state index contributed by atoms with van der Waals surface area (Å²) in [7, 11) is 0. The number of aromatic nitrogens is 1. The van der Waals surface area contributed by atoms with Crippen molar-refractivity contribution >= 4 is 111 Å². The molecule has 1 aromatic heterocycles. The van der Waals surface area contributed by atoms with Gasteiger partial charge in [0.2, 0.25) is 0 Å². The van der Waals surface area contributed by atoms with Crippen LogP contribution >= 0.6 is 0 Å². The van der Waals surface area contributed by atoms with Crippen molar-refractivity contribution in [2.24, 2.45) is 0 Å². The van der Waals surface area contributed by atoms with Crippen LogP contribution < -0.4 is 26.2 Å². The van der Waals surface area contributed by atoms with Crippen molar-refractivity contribution in [3.8, 4) is 72.4 Å². The van der Waals surface area contributed by atoms with Crippen molar-refractivity contribution in [1.29, 1.82) is 0 Å². The molecule has 0 aliphatic carbocycles. The zero-order valence-corrected chi connectivity index (χ0v) is 67.4. The lowest BCUT2D eigenvalue weighted by Crippen LogP contribution is -2.61. The molecule has 0 N–H and O–H groups in total. The van der Waals surface area contributed by atoms with Crippen LogP contribution in [0.4, 0.5) is 34.1 Å². The average molecular weight is 1450 g/mol. The minimum atomic E-state index is -0.302. The quantitative estimate of drug-likeness (QED) is 0.105. The number of para-hydroxylation sites is 2. The van der Waals surface area contributed by atoms with Crippen LogP contribution in [0.25, 0.3) is 127 Å². The number of fused-ring (bicyclic) bond motifs is 7. The number of benzene rings is 16. The summed E-state index contributed by atoms with van der Waals surface area (Å²) in [4.78, 5) is 5.49. The van der Waals surface area contributed by atoms with Gasteiger partial charge in [-0.3, -0.25) is 0 Å². The summed E-state index contributed by atoms with van der Waals surface area (Å²) in [6.07, 6.45) is 0. The maximum absolute atomic E-state index is 2.75. The fraction of sp³-hybridized carbons (Fsp3) is 0.185. The third kappa shape index (κ3) is 11.7. The van der Waals surface area contributed by atoms with Crippen LogP contribution in [0, 0.1) is 0 Å². The number of rotatable bonds is 9. The molecule has 3 heterocycles. The molecule has 0 fully saturated rings. The van der Waals surface area contributed by atoms with Gasteiger partial charge in [0.15, 0.2) is 0 Å². The van der Waals surface area contributed by atoms with Crippen LogP contribution in [0.15, 0.2) is 309 Å². The van der Waals surface area contributed by atoms with Gasteiger partial charge in [-0.15, -0.1) is 0 Å². The van der Waals surface area contributed by atoms with E-state index in [1.807, 2.05) is 0 Å². The number of anilines is 6. The van der Waals surface area contributed by atoms with E-state index in [4.69, 9.17) is 0 Å². The Labute approximate surface area is 661 Å². The summed E-state index contributed by atoms with van der Waals surface area (Å²) in [5.74, 6) is 0. The predicted molar refractivity (Wildman–Crippen MR) is 485 cm³/mol. The fourth-order valence-electron chi connectivity index (χ4n) is 18.3. The lowest BCUT2D eigenvalue weighted by Gasteiger charge is -2.46. The molecule has 0 atom stereocenters. The van der Waals surface area contributed by atoms with Gasteiger partial charge in [-0.25, -0.2) is 0 Å². The summed E-state index contributed by atoms with van der Waals surface area (Å²) in [5, 5.41) is 10.2. The Hall–Kier alpha value is -12.0. The fourth-order valence-corrected chi connectivity index (χ4v) is 18.3. The third-order valence-corrected chi connectivity index (χ3v) is 24.4. The first kappa shape index (κ1) is 70.4. The van der Waals surface area contributed by atoms with Crippen molar-refractivity contribution in [3.05, 3.63) is 337 Å². The molecule has 0 radical (unpaired) electrons. The van der Waals surface area contributed by atoms with E-state index in [9.17, 15) is 0 Å². The molecule has 2 aliphatic heterocycles. The van der Waals surface area contributed by atoms with Crippen molar-refractivity contribution < 1.29 is 0 Å². The average Bonchev–Trinajstić information content (AvgIpc) is 0.747. The molecule has 0 saturated heterocycles. The SMILES string of the molecule is CC(C)(C)c1ccc(-c2cc3c4c(c2)N(c2c(-c5ccccc5)cc(C(C)(C)C)cc2-c2ccccc2)c2cc(-n5c6ccccc6c6ccccc65)ccc2B4c2cc(-c4cc5cc(C(C)(C)C)cc6ccc7cc(C(C)(C)C)cc4c7c65)ccc2N3c2c(-c3ccccc3)cc(C(C)(C)C)cc2-c2ccccc2)cc1. The molecular formula is C108H96BN3. The maximum Gasteiger partial charge on any atom is 0.252 e. The molecule has 17 aromatic rings. The molecule has 16 aromatic carbocycles. The molecule has 0 spiro atoms. The minimum absolute atomic E-state index is 0.0650. The first-order chi connectivity index (χ1) is 53.7. The second kappa shape index (κ2) is 25.8. The topological polar surface area (TPSA) is 11.4 Å². The van der Waals surface area contributed by atoms with Gasteiger partial charge >= 0.3 is 0 Å². The summed E-state index contributed by atoms with van der Waals surface area (Å²) >= 11 is 0. The highest BCUT2D eigenvalue weighted by atomic mass is 15.2. The maximum atomic E-state index is 2.75. The highest BCUT2D eigenvalue weighted by molar-refractivity contribution is 7.00.